The Morgan fingerprint density at radius 1 is 0.969 bits per heavy atom. The predicted molar refractivity (Wildman–Crippen MR) is 260 cm³/mol. The summed E-state index contributed by atoms with van der Waals surface area (Å²) >= 11 is 2.11. The number of esters is 1. The number of aromatic nitrogens is 1. The first-order chi connectivity index (χ1) is 30.7. The van der Waals surface area contributed by atoms with Gasteiger partial charge in [-0.15, -0.1) is 0 Å². The van der Waals surface area contributed by atoms with Gasteiger partial charge < -0.3 is 19.7 Å². The SMILES string of the molecule is C=C(C)[C@@H]1CC[C@]2(NCCN3CCSCC3)CC[C@]3(C)[C@H](CC[C@@H]4[C@@]5(C)CC=C(C6=CCC(C(=O)OC(Cc7ccccc7)Oc7cc(C#N)ccn7)CC6)C(C)(C)[C@@H]5CC[C@]43C)[C@@H]12. The van der Waals surface area contributed by atoms with Crippen LogP contribution in [-0.4, -0.2) is 65.4 Å². The highest BCUT2D eigenvalue weighted by Crippen LogP contribution is 2.76. The lowest BCUT2D eigenvalue weighted by atomic mass is 9.33. The number of pyridine rings is 1. The van der Waals surface area contributed by atoms with E-state index in [1.807, 2.05) is 30.3 Å². The van der Waals surface area contributed by atoms with Gasteiger partial charge in [0.25, 0.3) is 0 Å². The summed E-state index contributed by atoms with van der Waals surface area (Å²) < 4.78 is 12.3. The molecule has 1 N–H and O–H groups in total. The fourth-order valence-corrected chi connectivity index (χ4v) is 17.0. The summed E-state index contributed by atoms with van der Waals surface area (Å²) in [6.07, 6.45) is 20.2. The van der Waals surface area contributed by atoms with Gasteiger partial charge in [-0.05, 0) is 158 Å². The fraction of sp³-hybridized carbons (Fsp3) is 0.661. The highest BCUT2D eigenvalue weighted by atomic mass is 32.2. The van der Waals surface area contributed by atoms with Gasteiger partial charge in [0.1, 0.15) is 0 Å². The third-order valence-corrected chi connectivity index (χ3v) is 20.3. The number of ether oxygens (including phenoxy) is 2. The number of thioether (sulfide) groups is 1. The summed E-state index contributed by atoms with van der Waals surface area (Å²) in [7, 11) is 0. The van der Waals surface area contributed by atoms with E-state index >= 15 is 0 Å². The minimum absolute atomic E-state index is 0.0556. The molecule has 4 saturated carbocycles. The summed E-state index contributed by atoms with van der Waals surface area (Å²) in [5.74, 6) is 5.79. The van der Waals surface area contributed by atoms with Crippen LogP contribution in [0.15, 0.2) is 84.1 Å². The zero-order valence-electron chi connectivity index (χ0n) is 39.9. The normalized spacial score (nSPS) is 37.3. The average molecular weight is 885 g/mol. The number of allylic oxidation sites excluding steroid dienone is 5. The predicted octanol–water partition coefficient (Wildman–Crippen LogP) is 11.8. The van der Waals surface area contributed by atoms with Gasteiger partial charge in [0, 0.05) is 61.9 Å². The number of nitrogens with zero attached hydrogens (tertiary/aromatic N) is 3. The van der Waals surface area contributed by atoms with E-state index < -0.39 is 6.29 Å². The van der Waals surface area contributed by atoms with Crippen molar-refractivity contribution in [3.05, 3.63) is 95.2 Å². The van der Waals surface area contributed by atoms with E-state index in [-0.39, 0.29) is 34.1 Å². The van der Waals surface area contributed by atoms with Gasteiger partial charge in [0.05, 0.1) is 17.6 Å². The van der Waals surface area contributed by atoms with Crippen molar-refractivity contribution in [2.45, 2.75) is 137 Å². The number of nitrogens with one attached hydrogen (secondary N) is 1. The van der Waals surface area contributed by atoms with Gasteiger partial charge in [-0.3, -0.25) is 4.79 Å². The highest BCUT2D eigenvalue weighted by Gasteiger charge is 2.70. The molecule has 5 fully saturated rings. The van der Waals surface area contributed by atoms with Crippen molar-refractivity contribution in [2.75, 3.05) is 37.7 Å². The molecule has 0 radical (unpaired) electrons. The molecule has 2 aromatic rings. The van der Waals surface area contributed by atoms with Crippen LogP contribution in [0.2, 0.25) is 0 Å². The lowest BCUT2D eigenvalue weighted by Crippen LogP contribution is -2.68. The van der Waals surface area contributed by atoms with Crippen LogP contribution in [0.25, 0.3) is 0 Å². The Kier molecular flexibility index (Phi) is 12.9. The van der Waals surface area contributed by atoms with Gasteiger partial charge >= 0.3 is 5.97 Å². The monoisotopic (exact) mass is 885 g/mol. The van der Waals surface area contributed by atoms with E-state index in [1.165, 1.54) is 99.2 Å². The lowest BCUT2D eigenvalue weighted by molar-refractivity contribution is -0.221. The van der Waals surface area contributed by atoms with Crippen molar-refractivity contribution in [2.24, 2.45) is 57.2 Å². The van der Waals surface area contributed by atoms with E-state index in [0.29, 0.717) is 52.9 Å². The molecular formula is C56H76N4O3S. The van der Waals surface area contributed by atoms with Crippen LogP contribution in [0.5, 0.6) is 5.88 Å². The Morgan fingerprint density at radius 2 is 1.77 bits per heavy atom. The van der Waals surface area contributed by atoms with Gasteiger partial charge in [-0.1, -0.05) is 89.3 Å². The molecule has 7 nitrogen and oxygen atoms in total. The molecule has 1 saturated heterocycles. The van der Waals surface area contributed by atoms with Crippen molar-refractivity contribution < 1.29 is 14.3 Å². The highest BCUT2D eigenvalue weighted by molar-refractivity contribution is 7.99. The van der Waals surface area contributed by atoms with E-state index in [0.717, 1.165) is 37.3 Å². The van der Waals surface area contributed by atoms with Crippen molar-refractivity contribution in [3.8, 4) is 11.9 Å². The van der Waals surface area contributed by atoms with E-state index in [1.54, 1.807) is 18.3 Å². The third-order valence-electron chi connectivity index (χ3n) is 19.4. The standard InChI is InChI=1S/C56H76N4O3S/c1-38(2)43-19-25-56(59-29-30-60-31-33-64-34-32-60)27-26-54(6)45(50(43)56)17-18-47-53(5)23-20-44(52(3,4)46(53)21-24-55(47,54)7)41-13-15-42(16-14-41)51(61)63-49(36-39-11-9-8-10-12-39)62-48-35-40(37-57)22-28-58-48/h8-13,20,22,28,35,42-43,45-47,49-50,59H,1,14-19,21,23-27,29-34,36H2,2-7H3/t42?,43-,45+,46-,47+,49?,50+,53-,54+,55+,56-/m0/s1. The van der Waals surface area contributed by atoms with Crippen LogP contribution in [0, 0.1) is 68.5 Å². The maximum Gasteiger partial charge on any atom is 0.312 e. The molecule has 11 atom stereocenters. The molecule has 6 aliphatic carbocycles. The zero-order valence-corrected chi connectivity index (χ0v) is 40.7. The number of benzene rings is 1. The Hall–Kier alpha value is -3.38. The molecule has 9 rings (SSSR count). The molecule has 1 aromatic heterocycles. The van der Waals surface area contributed by atoms with Crippen LogP contribution >= 0.6 is 11.8 Å². The second-order valence-electron chi connectivity index (χ2n) is 22.6. The third kappa shape index (κ3) is 8.14. The largest absolute Gasteiger partial charge is 0.437 e. The molecule has 0 bridgehead atoms. The minimum atomic E-state index is -0.846. The molecule has 1 aromatic carbocycles. The quantitative estimate of drug-likeness (QED) is 0.128. The molecular weight excluding hydrogens is 809 g/mol. The Bertz CT molecular complexity index is 2160. The number of rotatable bonds is 12. The van der Waals surface area contributed by atoms with E-state index in [4.69, 9.17) is 9.47 Å². The summed E-state index contributed by atoms with van der Waals surface area (Å²) in [6, 6.07) is 15.3. The van der Waals surface area contributed by atoms with Crippen molar-refractivity contribution in [1.82, 2.24) is 15.2 Å². The maximum atomic E-state index is 13.8. The smallest absolute Gasteiger partial charge is 0.312 e. The first-order valence-corrected chi connectivity index (χ1v) is 26.2. The number of carbonyl (C=O) groups excluding carboxylic acids is 1. The first-order valence-electron chi connectivity index (χ1n) is 25.1. The number of carbonyl (C=O) groups is 1. The number of fused-ring (bicyclic) bond motifs is 7. The summed E-state index contributed by atoms with van der Waals surface area (Å²) in [5.41, 5.74) is 7.08. The van der Waals surface area contributed by atoms with Crippen molar-refractivity contribution >= 4 is 17.7 Å². The molecule has 0 amide bonds. The van der Waals surface area contributed by atoms with Gasteiger partial charge in [0.2, 0.25) is 12.2 Å². The van der Waals surface area contributed by atoms with E-state index in [2.05, 4.69) is 93.3 Å². The molecule has 1 aliphatic heterocycles. The zero-order chi connectivity index (χ0) is 44.9. The Labute approximate surface area is 389 Å². The lowest BCUT2D eigenvalue weighted by Gasteiger charge is -2.72. The number of nitriles is 1. The molecule has 64 heavy (non-hydrogen) atoms. The topological polar surface area (TPSA) is 87.5 Å². The minimum Gasteiger partial charge on any atom is -0.437 e. The molecule has 2 heterocycles. The second-order valence-corrected chi connectivity index (χ2v) is 23.9. The van der Waals surface area contributed by atoms with Crippen LogP contribution in [0.4, 0.5) is 0 Å². The Balaban J connectivity index is 0.895. The fourth-order valence-electron chi connectivity index (χ4n) is 16.0. The summed E-state index contributed by atoms with van der Waals surface area (Å²) in [6.45, 7) is 25.2. The molecule has 2 unspecified atom stereocenters. The van der Waals surface area contributed by atoms with Gasteiger partial charge in [0.15, 0.2) is 0 Å². The number of hydrogen-bond donors (Lipinski definition) is 1. The van der Waals surface area contributed by atoms with Crippen LogP contribution < -0.4 is 10.1 Å². The molecule has 7 aliphatic rings. The molecule has 344 valence electrons. The van der Waals surface area contributed by atoms with E-state index in [9.17, 15) is 10.1 Å². The average Bonchev–Trinajstić information content (AvgIpc) is 3.67. The Morgan fingerprint density at radius 3 is 2.50 bits per heavy atom. The second kappa shape index (κ2) is 18.0. The molecule has 0 spiro atoms. The van der Waals surface area contributed by atoms with Crippen LogP contribution in [0.1, 0.15) is 130 Å². The van der Waals surface area contributed by atoms with Gasteiger partial charge in [-0.2, -0.15) is 17.0 Å². The molecule has 8 heteroatoms. The first kappa shape index (κ1) is 45.8. The van der Waals surface area contributed by atoms with Crippen LogP contribution in [0.3, 0.4) is 0 Å². The van der Waals surface area contributed by atoms with Crippen LogP contribution in [-0.2, 0) is 16.0 Å². The summed E-state index contributed by atoms with van der Waals surface area (Å²) in [5, 5.41) is 13.8. The maximum absolute atomic E-state index is 13.8. The van der Waals surface area contributed by atoms with Crippen molar-refractivity contribution in [1.29, 1.82) is 5.26 Å². The summed E-state index contributed by atoms with van der Waals surface area (Å²) in [4.78, 5) is 20.8. The number of hydrogen-bond acceptors (Lipinski definition) is 8. The van der Waals surface area contributed by atoms with Crippen molar-refractivity contribution in [3.63, 3.8) is 0 Å². The van der Waals surface area contributed by atoms with Gasteiger partial charge in [-0.25, -0.2) is 4.98 Å².